The quantitative estimate of drug-likeness (QED) is 0.786. The molecular formula is C17H17ClN4. The summed E-state index contributed by atoms with van der Waals surface area (Å²) in [7, 11) is 0. The van der Waals surface area contributed by atoms with E-state index in [9.17, 15) is 0 Å². The molecule has 0 atom stereocenters. The van der Waals surface area contributed by atoms with Gasteiger partial charge in [-0.2, -0.15) is 0 Å². The molecule has 0 bridgehead atoms. The van der Waals surface area contributed by atoms with E-state index in [1.807, 2.05) is 12.2 Å². The molecule has 2 heterocycles. The number of nitrogens with zero attached hydrogens (tertiary/aromatic N) is 3. The summed E-state index contributed by atoms with van der Waals surface area (Å²) in [6.07, 6.45) is 5.66. The molecule has 2 N–H and O–H groups in total. The van der Waals surface area contributed by atoms with E-state index in [0.717, 1.165) is 5.56 Å². The smallest absolute Gasteiger partial charge is 0.184 e. The first kappa shape index (κ1) is 14.6. The molecule has 22 heavy (non-hydrogen) atoms. The van der Waals surface area contributed by atoms with E-state index in [1.54, 1.807) is 16.7 Å². The summed E-state index contributed by atoms with van der Waals surface area (Å²) < 4.78 is 1.79. The normalized spacial score (nSPS) is 11.8. The Morgan fingerprint density at radius 2 is 1.86 bits per heavy atom. The molecular weight excluding hydrogens is 296 g/mol. The summed E-state index contributed by atoms with van der Waals surface area (Å²) in [5.41, 5.74) is 9.45. The van der Waals surface area contributed by atoms with Gasteiger partial charge in [0.15, 0.2) is 11.5 Å². The fraction of sp³-hybridized carbons (Fsp3) is 0.176. The van der Waals surface area contributed by atoms with E-state index in [-0.39, 0.29) is 0 Å². The number of nitrogen functional groups attached to an aromatic ring is 1. The minimum atomic E-state index is 0.515. The van der Waals surface area contributed by atoms with Gasteiger partial charge in [0.2, 0.25) is 0 Å². The highest BCUT2D eigenvalue weighted by Crippen LogP contribution is 2.20. The van der Waals surface area contributed by atoms with Crippen molar-refractivity contribution in [3.05, 3.63) is 58.5 Å². The van der Waals surface area contributed by atoms with Crippen LogP contribution in [0.4, 0.5) is 5.69 Å². The zero-order valence-corrected chi connectivity index (χ0v) is 13.2. The molecule has 0 unspecified atom stereocenters. The largest absolute Gasteiger partial charge is 0.396 e. The molecule has 0 aliphatic carbocycles. The van der Waals surface area contributed by atoms with Crippen molar-refractivity contribution in [3.63, 3.8) is 0 Å². The van der Waals surface area contributed by atoms with Crippen molar-refractivity contribution in [2.75, 3.05) is 5.73 Å². The zero-order chi connectivity index (χ0) is 15.7. The van der Waals surface area contributed by atoms with Crippen molar-refractivity contribution in [2.45, 2.75) is 19.8 Å². The highest BCUT2D eigenvalue weighted by Gasteiger charge is 2.07. The van der Waals surface area contributed by atoms with Gasteiger partial charge >= 0.3 is 0 Å². The summed E-state index contributed by atoms with van der Waals surface area (Å²) in [4.78, 5) is 0. The van der Waals surface area contributed by atoms with Crippen LogP contribution in [0.25, 0.3) is 17.8 Å². The monoisotopic (exact) mass is 312 g/mol. The Bertz CT molecular complexity index is 832. The van der Waals surface area contributed by atoms with Gasteiger partial charge in [0.25, 0.3) is 0 Å². The molecule has 0 saturated carbocycles. The first-order valence-corrected chi connectivity index (χ1v) is 7.50. The van der Waals surface area contributed by atoms with Crippen LogP contribution in [0.15, 0.2) is 36.5 Å². The molecule has 5 heteroatoms. The number of fused-ring (bicyclic) bond motifs is 1. The van der Waals surface area contributed by atoms with Gasteiger partial charge in [-0.1, -0.05) is 55.8 Å². The number of nitrogens with two attached hydrogens (primary N) is 1. The molecule has 1 aromatic carbocycles. The second-order valence-corrected chi connectivity index (χ2v) is 5.96. The Morgan fingerprint density at radius 3 is 2.55 bits per heavy atom. The summed E-state index contributed by atoms with van der Waals surface area (Å²) in [5, 5.41) is 8.79. The molecule has 3 aromatic rings. The molecule has 0 amide bonds. The summed E-state index contributed by atoms with van der Waals surface area (Å²) in [6, 6.07) is 10.1. The van der Waals surface area contributed by atoms with Crippen molar-refractivity contribution in [2.24, 2.45) is 0 Å². The lowest BCUT2D eigenvalue weighted by molar-refractivity contribution is 0.866. The van der Waals surface area contributed by atoms with E-state index >= 15 is 0 Å². The van der Waals surface area contributed by atoms with Gasteiger partial charge in [0.1, 0.15) is 0 Å². The number of anilines is 1. The highest BCUT2D eigenvalue weighted by molar-refractivity contribution is 6.30. The summed E-state index contributed by atoms with van der Waals surface area (Å²) in [6.45, 7) is 4.36. The predicted molar refractivity (Wildman–Crippen MR) is 91.9 cm³/mol. The van der Waals surface area contributed by atoms with E-state index in [4.69, 9.17) is 17.3 Å². The average Bonchev–Trinajstić information content (AvgIpc) is 2.89. The van der Waals surface area contributed by atoms with Crippen LogP contribution in [-0.4, -0.2) is 14.6 Å². The number of hydrogen-bond donors (Lipinski definition) is 1. The first-order valence-electron chi connectivity index (χ1n) is 7.12. The zero-order valence-electron chi connectivity index (χ0n) is 12.5. The standard InChI is InChI=1S/C17H17ClN4/c1-11(2)13-6-3-12(4-7-13)5-8-16-20-21-17-15(19)9-14(18)10-22(16)17/h3-11H,19H2,1-2H3/b8-5+. The molecule has 0 aliphatic heterocycles. The van der Waals surface area contributed by atoms with Crippen molar-refractivity contribution >= 4 is 35.1 Å². The van der Waals surface area contributed by atoms with Gasteiger partial charge in [-0.15, -0.1) is 10.2 Å². The minimum absolute atomic E-state index is 0.515. The van der Waals surface area contributed by atoms with Crippen LogP contribution in [0, 0.1) is 0 Å². The van der Waals surface area contributed by atoms with Crippen LogP contribution < -0.4 is 5.73 Å². The number of halogens is 1. The number of aromatic nitrogens is 3. The van der Waals surface area contributed by atoms with Gasteiger partial charge in [0.05, 0.1) is 10.7 Å². The highest BCUT2D eigenvalue weighted by atomic mass is 35.5. The molecule has 0 radical (unpaired) electrons. The third kappa shape index (κ3) is 2.83. The minimum Gasteiger partial charge on any atom is -0.396 e. The van der Waals surface area contributed by atoms with E-state index in [0.29, 0.717) is 28.1 Å². The SMILES string of the molecule is CC(C)c1ccc(/C=C/c2nnc3c(N)cc(Cl)cn23)cc1. The van der Waals surface area contributed by atoms with Gasteiger partial charge < -0.3 is 5.73 Å². The molecule has 0 spiro atoms. The fourth-order valence-electron chi connectivity index (χ4n) is 2.28. The van der Waals surface area contributed by atoms with E-state index in [1.165, 1.54) is 5.56 Å². The van der Waals surface area contributed by atoms with Crippen LogP contribution in [0.2, 0.25) is 5.02 Å². The molecule has 4 nitrogen and oxygen atoms in total. The third-order valence-electron chi connectivity index (χ3n) is 3.55. The lowest BCUT2D eigenvalue weighted by atomic mass is 10.0. The number of hydrogen-bond acceptors (Lipinski definition) is 3. The predicted octanol–water partition coefficient (Wildman–Crippen LogP) is 4.26. The Kier molecular flexibility index (Phi) is 3.86. The van der Waals surface area contributed by atoms with Crippen LogP contribution in [-0.2, 0) is 0 Å². The van der Waals surface area contributed by atoms with Crippen molar-refractivity contribution in [1.29, 1.82) is 0 Å². The Hall–Kier alpha value is -2.33. The maximum absolute atomic E-state index is 6.04. The van der Waals surface area contributed by atoms with Crippen molar-refractivity contribution < 1.29 is 0 Å². The van der Waals surface area contributed by atoms with Gasteiger partial charge in [-0.05, 0) is 29.2 Å². The topological polar surface area (TPSA) is 56.2 Å². The lowest BCUT2D eigenvalue weighted by Gasteiger charge is -2.04. The molecule has 0 aliphatic rings. The third-order valence-corrected chi connectivity index (χ3v) is 3.76. The van der Waals surface area contributed by atoms with Gasteiger partial charge in [-0.25, -0.2) is 0 Å². The molecule has 112 valence electrons. The van der Waals surface area contributed by atoms with E-state index < -0.39 is 0 Å². The van der Waals surface area contributed by atoms with Crippen LogP contribution in [0.1, 0.15) is 36.7 Å². The lowest BCUT2D eigenvalue weighted by Crippen LogP contribution is -1.94. The molecule has 0 saturated heterocycles. The second-order valence-electron chi connectivity index (χ2n) is 5.52. The average molecular weight is 313 g/mol. The fourth-order valence-corrected chi connectivity index (χ4v) is 2.49. The summed E-state index contributed by atoms with van der Waals surface area (Å²) in [5.74, 6) is 1.22. The molecule has 0 fully saturated rings. The maximum atomic E-state index is 6.04. The number of pyridine rings is 1. The number of benzene rings is 1. The summed E-state index contributed by atoms with van der Waals surface area (Å²) >= 11 is 6.04. The Morgan fingerprint density at radius 1 is 1.14 bits per heavy atom. The Labute approximate surface area is 134 Å². The molecule has 3 rings (SSSR count). The molecule has 2 aromatic heterocycles. The first-order chi connectivity index (χ1) is 10.5. The van der Waals surface area contributed by atoms with Crippen LogP contribution >= 0.6 is 11.6 Å². The van der Waals surface area contributed by atoms with Crippen LogP contribution in [0.3, 0.4) is 0 Å². The Balaban J connectivity index is 1.92. The second kappa shape index (κ2) is 5.81. The number of rotatable bonds is 3. The van der Waals surface area contributed by atoms with Crippen molar-refractivity contribution in [1.82, 2.24) is 14.6 Å². The van der Waals surface area contributed by atoms with Crippen molar-refractivity contribution in [3.8, 4) is 0 Å². The van der Waals surface area contributed by atoms with Crippen LogP contribution in [0.5, 0.6) is 0 Å². The maximum Gasteiger partial charge on any atom is 0.184 e. The van der Waals surface area contributed by atoms with E-state index in [2.05, 4.69) is 48.3 Å². The van der Waals surface area contributed by atoms with Gasteiger partial charge in [-0.3, -0.25) is 4.40 Å². The van der Waals surface area contributed by atoms with Gasteiger partial charge in [0, 0.05) is 6.20 Å².